The van der Waals surface area contributed by atoms with Crippen LogP contribution in [0.4, 0.5) is 0 Å². The van der Waals surface area contributed by atoms with Crippen LogP contribution >= 0.6 is 0 Å². The van der Waals surface area contributed by atoms with Crippen molar-refractivity contribution in [1.82, 2.24) is 0 Å². The van der Waals surface area contributed by atoms with E-state index in [9.17, 15) is 14.4 Å². The summed E-state index contributed by atoms with van der Waals surface area (Å²) in [5, 5.41) is 0. The number of hydrogen-bond donors (Lipinski definition) is 0. The van der Waals surface area contributed by atoms with Crippen LogP contribution in [-0.2, 0) is 28.6 Å². The van der Waals surface area contributed by atoms with Crippen LogP contribution < -0.4 is 0 Å². The van der Waals surface area contributed by atoms with Crippen LogP contribution in [0.25, 0.3) is 0 Å². The van der Waals surface area contributed by atoms with Crippen molar-refractivity contribution in [3.63, 3.8) is 0 Å². The van der Waals surface area contributed by atoms with Gasteiger partial charge in [-0.1, -0.05) is 243 Å². The average molecular weight is 883 g/mol. The third-order valence-corrected chi connectivity index (χ3v) is 11.8. The minimum absolute atomic E-state index is 0.0795. The quantitative estimate of drug-likeness (QED) is 0.0262. The maximum absolute atomic E-state index is 12.8. The van der Waals surface area contributed by atoms with Crippen LogP contribution in [0.15, 0.2) is 48.6 Å². The summed E-state index contributed by atoms with van der Waals surface area (Å²) in [4.78, 5) is 38.0. The van der Waals surface area contributed by atoms with Gasteiger partial charge in [0.15, 0.2) is 6.10 Å². The van der Waals surface area contributed by atoms with E-state index < -0.39 is 6.10 Å². The summed E-state index contributed by atoms with van der Waals surface area (Å²) in [6.45, 7) is 6.60. The second kappa shape index (κ2) is 52.0. The van der Waals surface area contributed by atoms with Gasteiger partial charge in [0.25, 0.3) is 0 Å². The van der Waals surface area contributed by atoms with Gasteiger partial charge in [-0.15, -0.1) is 0 Å². The smallest absolute Gasteiger partial charge is 0.306 e. The van der Waals surface area contributed by atoms with Crippen molar-refractivity contribution in [3.05, 3.63) is 48.6 Å². The molecular formula is C57H102O6. The largest absolute Gasteiger partial charge is 0.462 e. The Bertz CT molecular complexity index is 1110. The number of hydrogen-bond acceptors (Lipinski definition) is 6. The first-order valence-electron chi connectivity index (χ1n) is 27.1. The van der Waals surface area contributed by atoms with Crippen molar-refractivity contribution in [2.75, 3.05) is 13.2 Å². The monoisotopic (exact) mass is 883 g/mol. The van der Waals surface area contributed by atoms with Gasteiger partial charge in [0, 0.05) is 19.3 Å². The summed E-state index contributed by atoms with van der Waals surface area (Å²) < 4.78 is 16.8. The summed E-state index contributed by atoms with van der Waals surface area (Å²) in [5.41, 5.74) is 0. The van der Waals surface area contributed by atoms with Crippen LogP contribution in [0, 0.1) is 0 Å². The third-order valence-electron chi connectivity index (χ3n) is 11.8. The van der Waals surface area contributed by atoms with E-state index >= 15 is 0 Å². The highest BCUT2D eigenvalue weighted by Gasteiger charge is 2.19. The normalized spacial score (nSPS) is 12.4. The molecular weight excluding hydrogens is 781 g/mol. The molecule has 0 N–H and O–H groups in total. The van der Waals surface area contributed by atoms with Gasteiger partial charge in [0.1, 0.15) is 13.2 Å². The minimum atomic E-state index is -0.781. The van der Waals surface area contributed by atoms with Gasteiger partial charge in [0.05, 0.1) is 0 Å². The Labute approximate surface area is 390 Å². The fourth-order valence-electron chi connectivity index (χ4n) is 7.72. The molecule has 0 amide bonds. The number of carbonyl (C=O) groups is 3. The number of rotatable bonds is 49. The van der Waals surface area contributed by atoms with E-state index in [0.717, 1.165) is 83.5 Å². The maximum Gasteiger partial charge on any atom is 0.306 e. The number of carbonyl (C=O) groups excluding carboxylic acids is 3. The first-order chi connectivity index (χ1) is 31.0. The molecule has 0 aromatic heterocycles. The Morgan fingerprint density at radius 2 is 0.571 bits per heavy atom. The Balaban J connectivity index is 4.38. The molecule has 63 heavy (non-hydrogen) atoms. The molecule has 0 saturated heterocycles. The first-order valence-corrected chi connectivity index (χ1v) is 27.1. The molecule has 0 saturated carbocycles. The standard InChI is InChI=1S/C57H102O6/c1-4-7-10-13-16-19-22-24-26-27-28-29-31-32-35-38-41-44-47-50-56(59)62-53-54(52-61-55(58)49-46-43-40-37-34-21-18-15-12-9-6-3)63-57(60)51-48-45-42-39-36-33-30-25-23-20-17-14-11-8-5-2/h16,19,24,26,28-29,32,35,54H,4-15,17-18,20-23,25,27,30-31,33-34,36-53H2,1-3H3/b19-16-,26-24-,29-28-,35-32-/t54-/m0/s1. The Morgan fingerprint density at radius 3 is 0.921 bits per heavy atom. The van der Waals surface area contributed by atoms with Gasteiger partial charge < -0.3 is 14.2 Å². The molecule has 0 aliphatic carbocycles. The second-order valence-corrected chi connectivity index (χ2v) is 18.2. The fourth-order valence-corrected chi connectivity index (χ4v) is 7.72. The van der Waals surface area contributed by atoms with Gasteiger partial charge in [-0.2, -0.15) is 0 Å². The maximum atomic E-state index is 12.8. The zero-order valence-electron chi connectivity index (χ0n) is 41.8. The predicted octanol–water partition coefficient (Wildman–Crippen LogP) is 17.9. The van der Waals surface area contributed by atoms with E-state index in [1.807, 2.05) is 0 Å². The molecule has 0 aromatic rings. The van der Waals surface area contributed by atoms with E-state index in [1.54, 1.807) is 0 Å². The number of esters is 3. The average Bonchev–Trinajstić information content (AvgIpc) is 3.28. The Hall–Kier alpha value is -2.63. The molecule has 6 heteroatoms. The van der Waals surface area contributed by atoms with Gasteiger partial charge in [0.2, 0.25) is 0 Å². The zero-order chi connectivity index (χ0) is 45.8. The lowest BCUT2D eigenvalue weighted by Gasteiger charge is -2.18. The molecule has 0 aliphatic rings. The number of ether oxygens (including phenoxy) is 3. The van der Waals surface area contributed by atoms with Crippen molar-refractivity contribution >= 4 is 17.9 Å². The molecule has 0 heterocycles. The van der Waals surface area contributed by atoms with Gasteiger partial charge in [-0.25, -0.2) is 0 Å². The Morgan fingerprint density at radius 1 is 0.317 bits per heavy atom. The highest BCUT2D eigenvalue weighted by Crippen LogP contribution is 2.16. The molecule has 1 atom stereocenters. The Kier molecular flexibility index (Phi) is 49.8. The molecule has 0 aromatic carbocycles. The molecule has 366 valence electrons. The first kappa shape index (κ1) is 60.4. The van der Waals surface area contributed by atoms with Crippen molar-refractivity contribution < 1.29 is 28.6 Å². The SMILES string of the molecule is CCCCC/C=C\C/C=C\C/C=C\C/C=C\CCCCCC(=O)OC[C@H](COC(=O)CCCCCCCCCCCCC)OC(=O)CCCCCCCCCCCCCCCCC. The predicted molar refractivity (Wildman–Crippen MR) is 270 cm³/mol. The summed E-state index contributed by atoms with van der Waals surface area (Å²) in [5.74, 6) is -0.901. The molecule has 0 bridgehead atoms. The van der Waals surface area contributed by atoms with E-state index in [0.29, 0.717) is 19.3 Å². The molecule has 0 radical (unpaired) electrons. The number of allylic oxidation sites excluding steroid dienone is 8. The zero-order valence-corrected chi connectivity index (χ0v) is 41.8. The third kappa shape index (κ3) is 50.2. The molecule has 0 unspecified atom stereocenters. The summed E-state index contributed by atoms with van der Waals surface area (Å²) >= 11 is 0. The van der Waals surface area contributed by atoms with Gasteiger partial charge in [-0.05, 0) is 64.2 Å². The highest BCUT2D eigenvalue weighted by atomic mass is 16.6. The van der Waals surface area contributed by atoms with Crippen LogP contribution in [-0.4, -0.2) is 37.2 Å². The second-order valence-electron chi connectivity index (χ2n) is 18.2. The molecule has 6 nitrogen and oxygen atoms in total. The minimum Gasteiger partial charge on any atom is -0.462 e. The molecule has 0 spiro atoms. The molecule has 0 aliphatic heterocycles. The van der Waals surface area contributed by atoms with Crippen LogP contribution in [0.5, 0.6) is 0 Å². The van der Waals surface area contributed by atoms with Crippen molar-refractivity contribution in [1.29, 1.82) is 0 Å². The van der Waals surface area contributed by atoms with E-state index in [1.165, 1.54) is 154 Å². The van der Waals surface area contributed by atoms with Gasteiger partial charge >= 0.3 is 17.9 Å². The van der Waals surface area contributed by atoms with Gasteiger partial charge in [-0.3, -0.25) is 14.4 Å². The lowest BCUT2D eigenvalue weighted by atomic mass is 10.0. The van der Waals surface area contributed by atoms with E-state index in [4.69, 9.17) is 14.2 Å². The van der Waals surface area contributed by atoms with Crippen molar-refractivity contribution in [3.8, 4) is 0 Å². The fraction of sp³-hybridized carbons (Fsp3) is 0.807. The van der Waals surface area contributed by atoms with E-state index in [2.05, 4.69) is 69.4 Å². The molecule has 0 rings (SSSR count). The van der Waals surface area contributed by atoms with E-state index in [-0.39, 0.29) is 31.1 Å². The summed E-state index contributed by atoms with van der Waals surface area (Å²) in [6.07, 6.45) is 62.3. The molecule has 0 fully saturated rings. The topological polar surface area (TPSA) is 78.9 Å². The lowest BCUT2D eigenvalue weighted by molar-refractivity contribution is -0.167. The highest BCUT2D eigenvalue weighted by molar-refractivity contribution is 5.71. The van der Waals surface area contributed by atoms with Crippen molar-refractivity contribution in [2.45, 2.75) is 284 Å². The van der Waals surface area contributed by atoms with Crippen LogP contribution in [0.2, 0.25) is 0 Å². The van der Waals surface area contributed by atoms with Crippen LogP contribution in [0.1, 0.15) is 278 Å². The van der Waals surface area contributed by atoms with Crippen LogP contribution in [0.3, 0.4) is 0 Å². The van der Waals surface area contributed by atoms with Crippen molar-refractivity contribution in [2.24, 2.45) is 0 Å². The summed E-state index contributed by atoms with van der Waals surface area (Å²) in [6, 6.07) is 0. The summed E-state index contributed by atoms with van der Waals surface area (Å²) in [7, 11) is 0. The lowest BCUT2D eigenvalue weighted by Crippen LogP contribution is -2.30. The number of unbranched alkanes of at least 4 members (excludes halogenated alkanes) is 30.